The number of hydrogen-bond acceptors (Lipinski definition) is 5. The number of benzene rings is 3. The number of fused-ring (bicyclic) bond motifs is 1. The minimum absolute atomic E-state index is 0.00163. The van der Waals surface area contributed by atoms with Gasteiger partial charge < -0.3 is 9.73 Å². The largest absolute Gasteiger partial charge is 0.436 e. The molecule has 1 aromatic heterocycles. The van der Waals surface area contributed by atoms with Gasteiger partial charge in [-0.05, 0) is 43.3 Å². The number of aryl methyl sites for hydroxylation is 1. The fourth-order valence-electron chi connectivity index (χ4n) is 2.96. The van der Waals surface area contributed by atoms with E-state index >= 15 is 0 Å². The van der Waals surface area contributed by atoms with Crippen molar-refractivity contribution in [1.82, 2.24) is 4.83 Å². The molecular formula is C23H17F2N3O4S. The van der Waals surface area contributed by atoms with Gasteiger partial charge in [0.25, 0.3) is 15.9 Å². The summed E-state index contributed by atoms with van der Waals surface area (Å²) in [5.74, 6) is -2.95. The van der Waals surface area contributed by atoms with Crippen molar-refractivity contribution in [2.24, 2.45) is 5.10 Å². The number of nitrogens with zero attached hydrogens (tertiary/aromatic N) is 1. The smallest absolute Gasteiger partial charge is 0.276 e. The minimum Gasteiger partial charge on any atom is -0.436 e. The second kappa shape index (κ2) is 8.83. The van der Waals surface area contributed by atoms with E-state index in [4.69, 9.17) is 4.42 Å². The quantitative estimate of drug-likeness (QED) is 0.431. The van der Waals surface area contributed by atoms with Gasteiger partial charge in [0.1, 0.15) is 11.1 Å². The Labute approximate surface area is 187 Å². The molecule has 0 atom stereocenters. The zero-order valence-corrected chi connectivity index (χ0v) is 18.0. The van der Waals surface area contributed by atoms with Gasteiger partial charge in [-0.15, -0.1) is 5.10 Å². The third-order valence-corrected chi connectivity index (χ3v) is 5.90. The van der Waals surface area contributed by atoms with E-state index in [0.29, 0.717) is 11.0 Å². The lowest BCUT2D eigenvalue weighted by atomic mass is 10.1. The minimum atomic E-state index is -4.04. The number of carbonyl (C=O) groups is 1. The number of amides is 1. The second-order valence-corrected chi connectivity index (χ2v) is 8.77. The maximum Gasteiger partial charge on any atom is 0.276 e. The van der Waals surface area contributed by atoms with Gasteiger partial charge in [-0.1, -0.05) is 35.9 Å². The van der Waals surface area contributed by atoms with Crippen molar-refractivity contribution in [2.45, 2.75) is 11.8 Å². The number of anilines is 1. The SMILES string of the molecule is Cc1ccc(S(=O)(=O)N/N=c2/oc3ccccc3cc2C(=O)Nc2ccc(F)c(F)c2)cc1. The summed E-state index contributed by atoms with van der Waals surface area (Å²) >= 11 is 0. The molecular weight excluding hydrogens is 452 g/mol. The lowest BCUT2D eigenvalue weighted by molar-refractivity contribution is 0.102. The fourth-order valence-corrected chi connectivity index (χ4v) is 3.76. The molecule has 4 aromatic rings. The van der Waals surface area contributed by atoms with Crippen molar-refractivity contribution < 1.29 is 26.4 Å². The normalized spacial score (nSPS) is 12.0. The molecule has 7 nitrogen and oxygen atoms in total. The number of para-hydroxylation sites is 1. The van der Waals surface area contributed by atoms with E-state index in [9.17, 15) is 22.0 Å². The standard InChI is InChI=1S/C23H17F2N3O4S/c1-14-6-9-17(10-7-14)33(30,31)28-27-23-18(12-15-4-2-3-5-21(15)32-23)22(29)26-16-8-11-19(24)20(25)13-16/h2-13,28H,1H3,(H,26,29)/b27-23+. The van der Waals surface area contributed by atoms with Crippen LogP contribution < -0.4 is 15.7 Å². The first kappa shape index (κ1) is 22.2. The monoisotopic (exact) mass is 469 g/mol. The topological polar surface area (TPSA) is 101 Å². The lowest BCUT2D eigenvalue weighted by Gasteiger charge is -2.08. The highest BCUT2D eigenvalue weighted by molar-refractivity contribution is 7.89. The average molecular weight is 469 g/mol. The molecule has 0 aliphatic heterocycles. The van der Waals surface area contributed by atoms with E-state index in [1.54, 1.807) is 36.4 Å². The molecule has 168 valence electrons. The number of nitrogens with one attached hydrogen (secondary N) is 2. The zero-order chi connectivity index (χ0) is 23.6. The van der Waals surface area contributed by atoms with Crippen molar-refractivity contribution in [1.29, 1.82) is 0 Å². The second-order valence-electron chi connectivity index (χ2n) is 7.11. The summed E-state index contributed by atoms with van der Waals surface area (Å²) in [7, 11) is -4.04. The van der Waals surface area contributed by atoms with Crippen LogP contribution in [0, 0.1) is 18.6 Å². The Morgan fingerprint density at radius 1 is 0.939 bits per heavy atom. The highest BCUT2D eigenvalue weighted by Crippen LogP contribution is 2.17. The van der Waals surface area contributed by atoms with Gasteiger partial charge in [0.15, 0.2) is 11.6 Å². The Bertz CT molecular complexity index is 1530. The maximum atomic E-state index is 13.5. The van der Waals surface area contributed by atoms with E-state index in [2.05, 4.69) is 15.2 Å². The molecule has 2 N–H and O–H groups in total. The van der Waals surface area contributed by atoms with Crippen LogP contribution in [0.1, 0.15) is 15.9 Å². The van der Waals surface area contributed by atoms with E-state index in [0.717, 1.165) is 17.7 Å². The summed E-state index contributed by atoms with van der Waals surface area (Å²) in [5.41, 5.74) is 0.800. The molecule has 0 radical (unpaired) electrons. The summed E-state index contributed by atoms with van der Waals surface area (Å²) in [6.45, 7) is 1.82. The van der Waals surface area contributed by atoms with E-state index in [-0.39, 0.29) is 21.7 Å². The molecule has 0 saturated heterocycles. The molecule has 0 aliphatic carbocycles. The first-order valence-corrected chi connectivity index (χ1v) is 11.1. The molecule has 1 amide bonds. The van der Waals surface area contributed by atoms with Gasteiger partial charge in [-0.25, -0.2) is 8.78 Å². The number of carbonyl (C=O) groups excluding carboxylic acids is 1. The van der Waals surface area contributed by atoms with Crippen LogP contribution in [0.15, 0.2) is 87.2 Å². The van der Waals surface area contributed by atoms with Gasteiger partial charge in [-0.2, -0.15) is 13.2 Å². The third kappa shape index (κ3) is 4.90. The predicted octanol–water partition coefficient (Wildman–Crippen LogP) is 4.07. The van der Waals surface area contributed by atoms with Crippen LogP contribution in [0.25, 0.3) is 11.0 Å². The van der Waals surface area contributed by atoms with Crippen LogP contribution in [0.5, 0.6) is 0 Å². The molecule has 1 heterocycles. The van der Waals surface area contributed by atoms with Crippen LogP contribution in [-0.2, 0) is 10.0 Å². The molecule has 0 aliphatic rings. The summed E-state index contributed by atoms with van der Waals surface area (Å²) in [5, 5.41) is 6.79. The first-order chi connectivity index (χ1) is 15.7. The predicted molar refractivity (Wildman–Crippen MR) is 118 cm³/mol. The van der Waals surface area contributed by atoms with Gasteiger partial charge >= 0.3 is 0 Å². The van der Waals surface area contributed by atoms with Crippen molar-refractivity contribution in [3.63, 3.8) is 0 Å². The Morgan fingerprint density at radius 2 is 1.67 bits per heavy atom. The van der Waals surface area contributed by atoms with Crippen LogP contribution >= 0.6 is 0 Å². The lowest BCUT2D eigenvalue weighted by Crippen LogP contribution is -2.27. The average Bonchev–Trinajstić information content (AvgIpc) is 2.80. The molecule has 0 spiro atoms. The number of halogens is 2. The summed E-state index contributed by atoms with van der Waals surface area (Å²) in [4.78, 5) is 14.9. The van der Waals surface area contributed by atoms with Crippen molar-refractivity contribution in [2.75, 3.05) is 5.32 Å². The van der Waals surface area contributed by atoms with Crippen LogP contribution in [-0.4, -0.2) is 14.3 Å². The van der Waals surface area contributed by atoms with Crippen molar-refractivity contribution in [3.05, 3.63) is 101 Å². The van der Waals surface area contributed by atoms with Crippen molar-refractivity contribution in [3.8, 4) is 0 Å². The Hall–Kier alpha value is -4.05. The molecule has 3 aromatic carbocycles. The molecule has 10 heteroatoms. The van der Waals surface area contributed by atoms with Gasteiger partial charge in [0.05, 0.1) is 4.90 Å². The Morgan fingerprint density at radius 3 is 2.39 bits per heavy atom. The maximum absolute atomic E-state index is 13.5. The summed E-state index contributed by atoms with van der Waals surface area (Å²) in [6.07, 6.45) is 0. The zero-order valence-electron chi connectivity index (χ0n) is 17.2. The molecule has 33 heavy (non-hydrogen) atoms. The van der Waals surface area contributed by atoms with Gasteiger partial charge in [0, 0.05) is 17.1 Å². The van der Waals surface area contributed by atoms with E-state index < -0.39 is 27.6 Å². The Balaban J connectivity index is 1.74. The molecule has 0 saturated carbocycles. The van der Waals surface area contributed by atoms with Crippen LogP contribution in [0.4, 0.5) is 14.5 Å². The number of hydrogen-bond donors (Lipinski definition) is 2. The highest BCUT2D eigenvalue weighted by Gasteiger charge is 2.16. The summed E-state index contributed by atoms with van der Waals surface area (Å²) in [6, 6.07) is 17.2. The van der Waals surface area contributed by atoms with Gasteiger partial charge in [0.2, 0.25) is 5.55 Å². The Kier molecular flexibility index (Phi) is 5.93. The highest BCUT2D eigenvalue weighted by atomic mass is 32.2. The molecule has 0 bridgehead atoms. The van der Waals surface area contributed by atoms with Gasteiger partial charge in [-0.3, -0.25) is 4.79 Å². The number of rotatable bonds is 5. The van der Waals surface area contributed by atoms with Crippen LogP contribution in [0.2, 0.25) is 0 Å². The van der Waals surface area contributed by atoms with Crippen LogP contribution in [0.3, 0.4) is 0 Å². The molecule has 0 unspecified atom stereocenters. The van der Waals surface area contributed by atoms with Crippen molar-refractivity contribution >= 4 is 32.6 Å². The fraction of sp³-hybridized carbons (Fsp3) is 0.0435. The van der Waals surface area contributed by atoms with E-state index in [1.165, 1.54) is 24.3 Å². The first-order valence-electron chi connectivity index (χ1n) is 9.64. The molecule has 4 rings (SSSR count). The molecule has 0 fully saturated rings. The third-order valence-electron chi connectivity index (χ3n) is 4.68. The summed E-state index contributed by atoms with van der Waals surface area (Å²) < 4.78 is 57.6. The number of sulfonamides is 1. The van der Waals surface area contributed by atoms with E-state index in [1.807, 2.05) is 6.92 Å².